The number of hydrogen-bond donors (Lipinski definition) is 0. The van der Waals surface area contributed by atoms with E-state index in [-0.39, 0.29) is 0 Å². The van der Waals surface area contributed by atoms with Crippen LogP contribution < -0.4 is 0 Å². The first-order valence-corrected chi connectivity index (χ1v) is 4.95. The number of hydrogen-bond acceptors (Lipinski definition) is 2. The number of aromatic nitrogens is 1. The van der Waals surface area contributed by atoms with Crippen LogP contribution in [0.3, 0.4) is 0 Å². The molecule has 0 spiro atoms. The molecule has 0 atom stereocenters. The zero-order valence-corrected chi connectivity index (χ0v) is 8.08. The lowest BCUT2D eigenvalue weighted by molar-refractivity contribution is 1.37. The predicted octanol–water partition coefficient (Wildman–Crippen LogP) is 2.94. The molecule has 0 saturated carbocycles. The van der Waals surface area contributed by atoms with Crippen molar-refractivity contribution in [3.63, 3.8) is 0 Å². The predicted molar refractivity (Wildman–Crippen MR) is 49.6 cm³/mol. The van der Waals surface area contributed by atoms with E-state index in [4.69, 9.17) is 0 Å². The second kappa shape index (κ2) is 3.88. The van der Waals surface area contributed by atoms with Gasteiger partial charge < -0.3 is 0 Å². The summed E-state index contributed by atoms with van der Waals surface area (Å²) in [5, 5.41) is 3.98. The molecule has 1 heterocycles. The van der Waals surface area contributed by atoms with Crippen molar-refractivity contribution >= 4 is 33.3 Å². The van der Waals surface area contributed by atoms with Gasteiger partial charge in [-0.25, -0.2) is 4.98 Å². The molecule has 0 bridgehead atoms. The van der Waals surface area contributed by atoms with Crippen LogP contribution in [-0.4, -0.2) is 10.3 Å². The summed E-state index contributed by atoms with van der Waals surface area (Å²) in [6.07, 6.45) is 3.90. The third kappa shape index (κ3) is 2.23. The molecule has 0 aromatic carbocycles. The van der Waals surface area contributed by atoms with Gasteiger partial charge in [0.25, 0.3) is 0 Å². The van der Waals surface area contributed by atoms with E-state index in [0.29, 0.717) is 0 Å². The van der Waals surface area contributed by atoms with Gasteiger partial charge in [-0.1, -0.05) is 21.5 Å². The highest BCUT2D eigenvalue weighted by molar-refractivity contribution is 9.09. The molecule has 54 valence electrons. The fourth-order valence-electron chi connectivity index (χ4n) is 0.555. The third-order valence-electron chi connectivity index (χ3n) is 1.03. The first-order chi connectivity index (χ1) is 4.83. The van der Waals surface area contributed by atoms with E-state index in [1.165, 1.54) is 5.57 Å². The topological polar surface area (TPSA) is 12.9 Å². The van der Waals surface area contributed by atoms with E-state index in [1.807, 2.05) is 11.6 Å². The van der Waals surface area contributed by atoms with Gasteiger partial charge >= 0.3 is 0 Å². The second-order valence-corrected chi connectivity index (χ2v) is 3.48. The van der Waals surface area contributed by atoms with E-state index in [1.54, 1.807) is 11.3 Å². The van der Waals surface area contributed by atoms with Crippen LogP contribution in [0.25, 0.3) is 6.08 Å². The molecular formula is C7H8BrNS. The minimum atomic E-state index is 0.923. The SMILES string of the molecule is C/C(=C/c1nccs1)CBr. The Morgan fingerprint density at radius 1 is 1.90 bits per heavy atom. The maximum absolute atomic E-state index is 4.13. The maximum atomic E-state index is 4.13. The van der Waals surface area contributed by atoms with Gasteiger partial charge in [0.15, 0.2) is 0 Å². The fraction of sp³-hybridized carbons (Fsp3) is 0.286. The Hall–Kier alpha value is -0.150. The summed E-state index contributed by atoms with van der Waals surface area (Å²) in [4.78, 5) is 4.13. The number of allylic oxidation sites excluding steroid dienone is 1. The summed E-state index contributed by atoms with van der Waals surface area (Å²) in [6.45, 7) is 2.08. The van der Waals surface area contributed by atoms with E-state index >= 15 is 0 Å². The van der Waals surface area contributed by atoms with Gasteiger partial charge in [-0.05, 0) is 13.0 Å². The highest BCUT2D eigenvalue weighted by Gasteiger charge is 1.89. The molecule has 0 aliphatic heterocycles. The van der Waals surface area contributed by atoms with Crippen LogP contribution in [0.15, 0.2) is 17.2 Å². The average Bonchev–Trinajstić information content (AvgIpc) is 2.40. The van der Waals surface area contributed by atoms with Gasteiger partial charge in [0.1, 0.15) is 5.01 Å². The van der Waals surface area contributed by atoms with Gasteiger partial charge in [0.2, 0.25) is 0 Å². The Kier molecular flexibility index (Phi) is 3.09. The monoisotopic (exact) mass is 217 g/mol. The van der Waals surface area contributed by atoms with Gasteiger partial charge in [0, 0.05) is 16.9 Å². The van der Waals surface area contributed by atoms with Crippen molar-refractivity contribution in [1.82, 2.24) is 4.98 Å². The molecule has 0 radical (unpaired) electrons. The van der Waals surface area contributed by atoms with Crippen molar-refractivity contribution in [3.8, 4) is 0 Å². The van der Waals surface area contributed by atoms with Crippen LogP contribution >= 0.6 is 27.3 Å². The van der Waals surface area contributed by atoms with Crippen molar-refractivity contribution < 1.29 is 0 Å². The fourth-order valence-corrected chi connectivity index (χ4v) is 1.37. The molecule has 3 heteroatoms. The quantitative estimate of drug-likeness (QED) is 0.695. The third-order valence-corrected chi connectivity index (χ3v) is 2.64. The molecule has 1 aromatic heterocycles. The smallest absolute Gasteiger partial charge is 0.115 e. The lowest BCUT2D eigenvalue weighted by Gasteiger charge is -1.88. The first-order valence-electron chi connectivity index (χ1n) is 2.95. The van der Waals surface area contributed by atoms with Gasteiger partial charge in [-0.3, -0.25) is 0 Å². The number of rotatable bonds is 2. The van der Waals surface area contributed by atoms with Crippen LogP contribution in [0.4, 0.5) is 0 Å². The zero-order chi connectivity index (χ0) is 7.40. The van der Waals surface area contributed by atoms with Crippen molar-refractivity contribution in [3.05, 3.63) is 22.2 Å². The Labute approximate surface area is 72.9 Å². The first kappa shape index (κ1) is 7.95. The van der Waals surface area contributed by atoms with Gasteiger partial charge in [0.05, 0.1) is 0 Å². The molecule has 1 nitrogen and oxygen atoms in total. The van der Waals surface area contributed by atoms with Crippen molar-refractivity contribution in [2.24, 2.45) is 0 Å². The molecule has 0 aliphatic carbocycles. The number of nitrogens with zero attached hydrogens (tertiary/aromatic N) is 1. The van der Waals surface area contributed by atoms with Crippen LogP contribution in [0, 0.1) is 0 Å². The molecule has 0 aliphatic rings. The molecule has 10 heavy (non-hydrogen) atoms. The Bertz CT molecular complexity index is 216. The molecule has 0 fully saturated rings. The largest absolute Gasteiger partial charge is 0.245 e. The van der Waals surface area contributed by atoms with Gasteiger partial charge in [-0.15, -0.1) is 11.3 Å². The standard InChI is InChI=1S/C7H8BrNS/c1-6(5-8)4-7-9-2-3-10-7/h2-4H,5H2,1H3/b6-4-. The van der Waals surface area contributed by atoms with Crippen LogP contribution in [0.2, 0.25) is 0 Å². The van der Waals surface area contributed by atoms with E-state index in [2.05, 4.69) is 33.9 Å². The summed E-state index contributed by atoms with van der Waals surface area (Å²) in [5.74, 6) is 0. The van der Waals surface area contributed by atoms with Crippen molar-refractivity contribution in [2.45, 2.75) is 6.92 Å². The van der Waals surface area contributed by atoms with Crippen LogP contribution in [-0.2, 0) is 0 Å². The van der Waals surface area contributed by atoms with Crippen molar-refractivity contribution in [2.75, 3.05) is 5.33 Å². The van der Waals surface area contributed by atoms with E-state index in [9.17, 15) is 0 Å². The number of halogens is 1. The summed E-state index contributed by atoms with van der Waals surface area (Å²) < 4.78 is 0. The molecule has 0 amide bonds. The Morgan fingerprint density at radius 3 is 3.20 bits per heavy atom. The lowest BCUT2D eigenvalue weighted by atomic mass is 10.3. The summed E-state index contributed by atoms with van der Waals surface area (Å²) in [6, 6.07) is 0. The maximum Gasteiger partial charge on any atom is 0.115 e. The number of alkyl halides is 1. The number of thiazole rings is 1. The molecule has 1 aromatic rings. The minimum Gasteiger partial charge on any atom is -0.245 e. The Balaban J connectivity index is 2.71. The Morgan fingerprint density at radius 2 is 2.70 bits per heavy atom. The summed E-state index contributed by atoms with van der Waals surface area (Å²) in [7, 11) is 0. The second-order valence-electron chi connectivity index (χ2n) is 1.99. The lowest BCUT2D eigenvalue weighted by Crippen LogP contribution is -1.74. The molecule has 1 rings (SSSR count). The summed E-state index contributed by atoms with van der Waals surface area (Å²) in [5.41, 5.74) is 1.30. The van der Waals surface area contributed by atoms with Crippen LogP contribution in [0.1, 0.15) is 11.9 Å². The van der Waals surface area contributed by atoms with E-state index < -0.39 is 0 Å². The molecule has 0 unspecified atom stereocenters. The minimum absolute atomic E-state index is 0.923. The van der Waals surface area contributed by atoms with E-state index in [0.717, 1.165) is 10.3 Å². The molecule has 0 N–H and O–H groups in total. The highest BCUT2D eigenvalue weighted by atomic mass is 79.9. The molecule has 0 saturated heterocycles. The molecular weight excluding hydrogens is 210 g/mol. The summed E-state index contributed by atoms with van der Waals surface area (Å²) >= 11 is 5.03. The van der Waals surface area contributed by atoms with Crippen molar-refractivity contribution in [1.29, 1.82) is 0 Å². The zero-order valence-electron chi connectivity index (χ0n) is 5.67. The normalized spacial score (nSPS) is 12.0. The van der Waals surface area contributed by atoms with Crippen LogP contribution in [0.5, 0.6) is 0 Å². The highest BCUT2D eigenvalue weighted by Crippen LogP contribution is 2.10. The van der Waals surface area contributed by atoms with Gasteiger partial charge in [-0.2, -0.15) is 0 Å². The average molecular weight is 218 g/mol.